The molecule has 2 aromatic heterocycles. The van der Waals surface area contributed by atoms with Crippen LogP contribution in [0.25, 0.3) is 5.65 Å². The topological polar surface area (TPSA) is 92.4 Å². The molecule has 38 heavy (non-hydrogen) atoms. The summed E-state index contributed by atoms with van der Waals surface area (Å²) in [5.74, 6) is -0.146. The van der Waals surface area contributed by atoms with Crippen molar-refractivity contribution in [2.24, 2.45) is 10.9 Å². The minimum Gasteiger partial charge on any atom is -0.444 e. The number of rotatable bonds is 4. The molecule has 2 amide bonds. The Labute approximate surface area is 226 Å². The minimum atomic E-state index is -0.559. The van der Waals surface area contributed by atoms with E-state index in [0.717, 1.165) is 24.9 Å². The van der Waals surface area contributed by atoms with Crippen molar-refractivity contribution in [3.8, 4) is 0 Å². The van der Waals surface area contributed by atoms with Crippen LogP contribution >= 0.6 is 12.6 Å². The molecule has 0 N–H and O–H groups in total. The average Bonchev–Trinajstić information content (AvgIpc) is 3.60. The van der Waals surface area contributed by atoms with Crippen molar-refractivity contribution in [3.05, 3.63) is 53.6 Å². The third-order valence-electron chi connectivity index (χ3n) is 6.68. The van der Waals surface area contributed by atoms with Gasteiger partial charge in [0.05, 0.1) is 12.2 Å². The van der Waals surface area contributed by atoms with E-state index in [-0.39, 0.29) is 29.6 Å². The van der Waals surface area contributed by atoms with Crippen LogP contribution in [0.15, 0.2) is 46.4 Å². The predicted octanol–water partition coefficient (Wildman–Crippen LogP) is 4.97. The molecule has 0 aliphatic carbocycles. The lowest BCUT2D eigenvalue weighted by molar-refractivity contribution is 0.0292. The second kappa shape index (κ2) is 10.4. The molecule has 1 unspecified atom stereocenters. The Bertz CT molecular complexity index is 1380. The lowest BCUT2D eigenvalue weighted by Gasteiger charge is -2.26. The van der Waals surface area contributed by atoms with Gasteiger partial charge >= 0.3 is 6.09 Å². The highest BCUT2D eigenvalue weighted by molar-refractivity contribution is 7.80. The van der Waals surface area contributed by atoms with Crippen molar-refractivity contribution in [1.82, 2.24) is 19.5 Å². The molecular weight excluding hydrogens is 507 g/mol. The van der Waals surface area contributed by atoms with Gasteiger partial charge in [0.1, 0.15) is 17.2 Å². The third kappa shape index (κ3) is 5.67. The summed E-state index contributed by atoms with van der Waals surface area (Å²) in [6, 6.07) is 8.43. The van der Waals surface area contributed by atoms with Gasteiger partial charge in [-0.2, -0.15) is 0 Å². The summed E-state index contributed by atoms with van der Waals surface area (Å²) in [6.07, 6.45) is 5.21. The standard InChI is InChI=1S/C27H31FN6O3S/c1-27(2,3)37-26(36)32-10-8-17(16-32)14-30-25(35)22-15-29-23-6-7-24(31-34(22)23)33-9-4-5-21(33)18-11-19(28)13-20(38)12-18/h6-7,11-15,17,21,38H,4-5,8-10,16H2,1-3H3/t17?,21-/m1/s1. The number of nitrogens with zero attached hydrogens (tertiary/aromatic N) is 6. The molecule has 0 spiro atoms. The summed E-state index contributed by atoms with van der Waals surface area (Å²) in [7, 11) is 0. The highest BCUT2D eigenvalue weighted by Crippen LogP contribution is 2.36. The van der Waals surface area contributed by atoms with Gasteiger partial charge in [0.15, 0.2) is 11.3 Å². The number of halogens is 1. The summed E-state index contributed by atoms with van der Waals surface area (Å²) in [5, 5.41) is 4.71. The molecule has 11 heteroatoms. The van der Waals surface area contributed by atoms with Gasteiger partial charge < -0.3 is 14.5 Å². The number of carbonyl (C=O) groups is 2. The molecule has 4 heterocycles. The van der Waals surface area contributed by atoms with E-state index in [2.05, 4.69) is 27.5 Å². The monoisotopic (exact) mass is 538 g/mol. The minimum absolute atomic E-state index is 0.0393. The molecule has 1 aromatic carbocycles. The molecule has 0 saturated carbocycles. The predicted molar refractivity (Wildman–Crippen MR) is 145 cm³/mol. The van der Waals surface area contributed by atoms with Crippen LogP contribution in [0.1, 0.15) is 62.1 Å². The SMILES string of the molecule is CC(C)(C)OC(=O)N1CCC(C=NC(=O)c2cnc3ccc(N4CCC[C@@H]4c4cc(F)cc(S)c4)nn23)C1. The first-order valence-electron chi connectivity index (χ1n) is 12.7. The van der Waals surface area contributed by atoms with Crippen LogP contribution in [0.5, 0.6) is 0 Å². The molecule has 2 atom stereocenters. The van der Waals surface area contributed by atoms with Crippen LogP contribution in [-0.4, -0.2) is 62.9 Å². The fourth-order valence-corrected chi connectivity index (χ4v) is 5.25. The Morgan fingerprint density at radius 3 is 2.76 bits per heavy atom. The molecule has 9 nitrogen and oxygen atoms in total. The van der Waals surface area contributed by atoms with Crippen molar-refractivity contribution >= 4 is 42.3 Å². The summed E-state index contributed by atoms with van der Waals surface area (Å²) in [4.78, 5) is 38.1. The third-order valence-corrected chi connectivity index (χ3v) is 6.94. The molecule has 5 rings (SSSR count). The lowest BCUT2D eigenvalue weighted by Crippen LogP contribution is -2.35. The van der Waals surface area contributed by atoms with Gasteiger partial charge in [-0.25, -0.2) is 23.7 Å². The smallest absolute Gasteiger partial charge is 0.410 e. The Balaban J connectivity index is 1.31. The van der Waals surface area contributed by atoms with Gasteiger partial charge in [0, 0.05) is 36.7 Å². The van der Waals surface area contributed by atoms with Crippen LogP contribution in [-0.2, 0) is 4.74 Å². The van der Waals surface area contributed by atoms with E-state index in [4.69, 9.17) is 9.84 Å². The van der Waals surface area contributed by atoms with Crippen molar-refractivity contribution in [2.75, 3.05) is 24.5 Å². The number of aromatic nitrogens is 3. The number of imidazole rings is 1. The fraction of sp³-hybridized carbons (Fsp3) is 0.444. The number of hydrogen-bond acceptors (Lipinski definition) is 7. The largest absolute Gasteiger partial charge is 0.444 e. The Morgan fingerprint density at radius 2 is 2.00 bits per heavy atom. The number of aliphatic imine (C=N–C) groups is 1. The number of thiol groups is 1. The molecule has 2 aliphatic rings. The van der Waals surface area contributed by atoms with Gasteiger partial charge in [-0.15, -0.1) is 17.7 Å². The van der Waals surface area contributed by atoms with E-state index >= 15 is 0 Å². The summed E-state index contributed by atoms with van der Waals surface area (Å²) >= 11 is 4.33. The van der Waals surface area contributed by atoms with E-state index in [0.29, 0.717) is 35.9 Å². The van der Waals surface area contributed by atoms with Gasteiger partial charge in [0.2, 0.25) is 0 Å². The second-order valence-corrected chi connectivity index (χ2v) is 11.3. The first-order chi connectivity index (χ1) is 18.1. The zero-order valence-electron chi connectivity index (χ0n) is 21.7. The molecule has 2 aliphatic heterocycles. The van der Waals surface area contributed by atoms with E-state index < -0.39 is 11.5 Å². The molecular formula is C27H31FN6O3S. The summed E-state index contributed by atoms with van der Waals surface area (Å²) in [6.45, 7) is 7.25. The first kappa shape index (κ1) is 26.1. The maximum atomic E-state index is 14.1. The molecule has 2 fully saturated rings. The van der Waals surface area contributed by atoms with E-state index in [1.807, 2.05) is 39.0 Å². The van der Waals surface area contributed by atoms with E-state index in [1.165, 1.54) is 22.8 Å². The second-order valence-electron chi connectivity index (χ2n) is 10.8. The van der Waals surface area contributed by atoms with Crippen LogP contribution in [0.2, 0.25) is 0 Å². The zero-order valence-corrected chi connectivity index (χ0v) is 22.6. The van der Waals surface area contributed by atoms with E-state index in [1.54, 1.807) is 11.1 Å². The number of amides is 2. The summed E-state index contributed by atoms with van der Waals surface area (Å²) in [5.41, 5.74) is 1.07. The van der Waals surface area contributed by atoms with Crippen molar-refractivity contribution < 1.29 is 18.7 Å². The van der Waals surface area contributed by atoms with Crippen LogP contribution in [0.3, 0.4) is 0 Å². The fourth-order valence-electron chi connectivity index (χ4n) is 4.98. The maximum Gasteiger partial charge on any atom is 0.410 e. The van der Waals surface area contributed by atoms with Crippen molar-refractivity contribution in [2.45, 2.75) is 56.6 Å². The number of anilines is 1. The summed E-state index contributed by atoms with van der Waals surface area (Å²) < 4.78 is 21.0. The van der Waals surface area contributed by atoms with Gasteiger partial charge in [-0.05, 0) is 75.9 Å². The normalized spacial score (nSPS) is 20.1. The maximum absolute atomic E-state index is 14.1. The average molecular weight is 539 g/mol. The van der Waals surface area contributed by atoms with E-state index in [9.17, 15) is 14.0 Å². The number of benzene rings is 1. The number of likely N-dealkylation sites (tertiary alicyclic amines) is 1. The number of carbonyl (C=O) groups excluding carboxylic acids is 2. The van der Waals surface area contributed by atoms with Gasteiger partial charge in [0.25, 0.3) is 5.91 Å². The molecule has 0 radical (unpaired) electrons. The van der Waals surface area contributed by atoms with Crippen molar-refractivity contribution in [1.29, 1.82) is 0 Å². The molecule has 3 aromatic rings. The highest BCUT2D eigenvalue weighted by Gasteiger charge is 2.30. The van der Waals surface area contributed by atoms with Crippen LogP contribution < -0.4 is 4.90 Å². The highest BCUT2D eigenvalue weighted by atomic mass is 32.1. The van der Waals surface area contributed by atoms with Gasteiger partial charge in [-0.3, -0.25) is 4.79 Å². The first-order valence-corrected chi connectivity index (χ1v) is 13.2. The quantitative estimate of drug-likeness (QED) is 0.373. The lowest BCUT2D eigenvalue weighted by atomic mass is 10.0. The number of ether oxygens (including phenoxy) is 1. The number of fused-ring (bicyclic) bond motifs is 1. The molecule has 2 saturated heterocycles. The number of hydrogen-bond donors (Lipinski definition) is 1. The van der Waals surface area contributed by atoms with Crippen LogP contribution in [0.4, 0.5) is 15.0 Å². The van der Waals surface area contributed by atoms with Gasteiger partial charge in [-0.1, -0.05) is 0 Å². The molecule has 200 valence electrons. The Kier molecular flexibility index (Phi) is 7.13. The van der Waals surface area contributed by atoms with Crippen LogP contribution in [0, 0.1) is 11.7 Å². The Hall–Kier alpha value is -3.47. The Morgan fingerprint density at radius 1 is 1.18 bits per heavy atom. The molecule has 0 bridgehead atoms. The zero-order chi connectivity index (χ0) is 27.0. The van der Waals surface area contributed by atoms with Crippen molar-refractivity contribution in [3.63, 3.8) is 0 Å².